The Morgan fingerprint density at radius 3 is 2.86 bits per heavy atom. The third-order valence-corrected chi connectivity index (χ3v) is 4.61. The fourth-order valence-electron chi connectivity index (χ4n) is 1.90. The van der Waals surface area contributed by atoms with E-state index in [1.807, 2.05) is 18.2 Å². The molecule has 6 heteroatoms. The quantitative estimate of drug-likeness (QED) is 0.516. The van der Waals surface area contributed by atoms with Gasteiger partial charge in [0.05, 0.1) is 21.5 Å². The zero-order valence-corrected chi connectivity index (χ0v) is 13.4. The summed E-state index contributed by atoms with van der Waals surface area (Å²) in [4.78, 5) is 4.48. The van der Waals surface area contributed by atoms with Gasteiger partial charge in [-0.3, -0.25) is 5.43 Å². The number of hydrogen-bond donors (Lipinski definition) is 1. The van der Waals surface area contributed by atoms with Crippen molar-refractivity contribution in [3.8, 4) is 0 Å². The van der Waals surface area contributed by atoms with Crippen molar-refractivity contribution in [1.29, 1.82) is 0 Å². The van der Waals surface area contributed by atoms with E-state index in [9.17, 15) is 0 Å². The number of aromatic nitrogens is 1. The molecule has 0 saturated carbocycles. The first-order valence-electron chi connectivity index (χ1n) is 6.24. The predicted octanol–water partition coefficient (Wildman–Crippen LogP) is 5.36. The highest BCUT2D eigenvalue weighted by molar-refractivity contribution is 7.22. The van der Waals surface area contributed by atoms with E-state index in [-0.39, 0.29) is 0 Å². The molecule has 3 rings (SSSR count). The predicted molar refractivity (Wildman–Crippen MR) is 92.0 cm³/mol. The summed E-state index contributed by atoms with van der Waals surface area (Å²) in [6.45, 7) is 2.07. The smallest absolute Gasteiger partial charge is 0.204 e. The van der Waals surface area contributed by atoms with Gasteiger partial charge < -0.3 is 0 Å². The van der Waals surface area contributed by atoms with Crippen molar-refractivity contribution in [3.63, 3.8) is 0 Å². The summed E-state index contributed by atoms with van der Waals surface area (Å²) in [6, 6.07) is 11.3. The Hall–Kier alpha value is -1.62. The molecular formula is C15H11Cl2N3S. The highest BCUT2D eigenvalue weighted by Gasteiger charge is 2.04. The largest absolute Gasteiger partial charge is 0.253 e. The molecule has 0 aliphatic carbocycles. The summed E-state index contributed by atoms with van der Waals surface area (Å²) in [5.74, 6) is 0. The van der Waals surface area contributed by atoms with Crippen LogP contribution < -0.4 is 5.43 Å². The molecule has 3 nitrogen and oxygen atoms in total. The number of aryl methyl sites for hydroxylation is 1. The van der Waals surface area contributed by atoms with Crippen molar-refractivity contribution >= 4 is 56.1 Å². The number of hydrogen-bond acceptors (Lipinski definition) is 4. The zero-order chi connectivity index (χ0) is 14.8. The molecule has 0 unspecified atom stereocenters. The van der Waals surface area contributed by atoms with E-state index < -0.39 is 0 Å². The number of hydrazone groups is 1. The lowest BCUT2D eigenvalue weighted by atomic mass is 10.2. The lowest BCUT2D eigenvalue weighted by molar-refractivity contribution is 1.31. The Balaban J connectivity index is 1.79. The van der Waals surface area contributed by atoms with E-state index in [4.69, 9.17) is 23.2 Å². The number of thiazole rings is 1. The molecule has 0 atom stereocenters. The average molecular weight is 336 g/mol. The number of nitrogens with zero attached hydrogens (tertiary/aromatic N) is 2. The molecule has 0 spiro atoms. The van der Waals surface area contributed by atoms with Crippen molar-refractivity contribution in [2.24, 2.45) is 5.10 Å². The van der Waals surface area contributed by atoms with Gasteiger partial charge in [0.2, 0.25) is 5.13 Å². The van der Waals surface area contributed by atoms with Crippen LogP contribution in [0.3, 0.4) is 0 Å². The third kappa shape index (κ3) is 3.18. The molecule has 21 heavy (non-hydrogen) atoms. The molecule has 1 N–H and O–H groups in total. The molecule has 0 radical (unpaired) electrons. The van der Waals surface area contributed by atoms with Crippen molar-refractivity contribution in [2.45, 2.75) is 6.92 Å². The van der Waals surface area contributed by atoms with Crippen molar-refractivity contribution in [2.75, 3.05) is 5.43 Å². The second-order valence-corrected chi connectivity index (χ2v) is 6.32. The van der Waals surface area contributed by atoms with Crippen molar-refractivity contribution in [1.82, 2.24) is 4.98 Å². The Morgan fingerprint density at radius 2 is 2.10 bits per heavy atom. The normalized spacial score (nSPS) is 11.4. The molecular weight excluding hydrogens is 325 g/mol. The molecule has 2 aromatic carbocycles. The molecule has 3 aromatic rings. The first-order chi connectivity index (χ1) is 10.1. The van der Waals surface area contributed by atoms with Gasteiger partial charge in [-0.1, -0.05) is 52.7 Å². The monoisotopic (exact) mass is 335 g/mol. The van der Waals surface area contributed by atoms with E-state index >= 15 is 0 Å². The van der Waals surface area contributed by atoms with E-state index in [0.717, 1.165) is 16.2 Å². The number of nitrogens with one attached hydrogen (secondary N) is 1. The van der Waals surface area contributed by atoms with E-state index in [0.29, 0.717) is 10.0 Å². The summed E-state index contributed by atoms with van der Waals surface area (Å²) < 4.78 is 1.17. The molecule has 0 aliphatic heterocycles. The number of rotatable bonds is 3. The van der Waals surface area contributed by atoms with Gasteiger partial charge in [0.15, 0.2) is 0 Å². The van der Waals surface area contributed by atoms with E-state index in [1.54, 1.807) is 29.7 Å². The Morgan fingerprint density at radius 1 is 1.24 bits per heavy atom. The lowest BCUT2D eigenvalue weighted by Crippen LogP contribution is -1.90. The van der Waals surface area contributed by atoms with Gasteiger partial charge in [-0.05, 0) is 30.7 Å². The zero-order valence-electron chi connectivity index (χ0n) is 11.1. The maximum Gasteiger partial charge on any atom is 0.204 e. The van der Waals surface area contributed by atoms with Gasteiger partial charge in [-0.2, -0.15) is 5.10 Å². The lowest BCUT2D eigenvalue weighted by Gasteiger charge is -1.98. The van der Waals surface area contributed by atoms with Crippen LogP contribution >= 0.6 is 34.5 Å². The average Bonchev–Trinajstić information content (AvgIpc) is 2.86. The molecule has 0 fully saturated rings. The maximum atomic E-state index is 6.08. The van der Waals surface area contributed by atoms with Gasteiger partial charge in [-0.15, -0.1) is 0 Å². The second-order valence-electron chi connectivity index (χ2n) is 4.48. The molecule has 0 aliphatic rings. The fraction of sp³-hybridized carbons (Fsp3) is 0.0667. The van der Waals surface area contributed by atoms with Crippen molar-refractivity contribution < 1.29 is 0 Å². The van der Waals surface area contributed by atoms with Crippen LogP contribution in [-0.2, 0) is 0 Å². The minimum Gasteiger partial charge on any atom is -0.253 e. The first-order valence-corrected chi connectivity index (χ1v) is 7.81. The summed E-state index contributed by atoms with van der Waals surface area (Å²) >= 11 is 13.5. The number of anilines is 1. The maximum absolute atomic E-state index is 6.08. The van der Waals surface area contributed by atoms with Crippen LogP contribution in [0.4, 0.5) is 5.13 Å². The van der Waals surface area contributed by atoms with Crippen LogP contribution in [0, 0.1) is 6.92 Å². The molecule has 0 amide bonds. The molecule has 106 valence electrons. The number of fused-ring (bicyclic) bond motifs is 1. The first kappa shape index (κ1) is 14.3. The van der Waals surface area contributed by atoms with Crippen LogP contribution in [0.5, 0.6) is 0 Å². The number of halogens is 2. The topological polar surface area (TPSA) is 37.3 Å². The Bertz CT molecular complexity index is 827. The third-order valence-electron chi connectivity index (χ3n) is 2.94. The number of benzene rings is 2. The highest BCUT2D eigenvalue weighted by Crippen LogP contribution is 2.28. The molecule has 1 heterocycles. The van der Waals surface area contributed by atoms with Crippen LogP contribution in [0.25, 0.3) is 10.2 Å². The molecule has 1 aromatic heterocycles. The standard InChI is InChI=1S/C15H11Cl2N3S/c1-9-3-2-4-13-14(9)21-15(19-13)20-18-8-10-5-6-11(16)7-12(10)17/h2-8H,1H3,(H,19,20)/b18-8+. The van der Waals surface area contributed by atoms with Gasteiger partial charge in [0, 0.05) is 10.6 Å². The highest BCUT2D eigenvalue weighted by atomic mass is 35.5. The second kappa shape index (κ2) is 6.02. The molecule has 0 saturated heterocycles. The van der Waals surface area contributed by atoms with Gasteiger partial charge in [0.1, 0.15) is 0 Å². The van der Waals surface area contributed by atoms with E-state index in [1.165, 1.54) is 10.3 Å². The fourth-order valence-corrected chi connectivity index (χ4v) is 3.24. The summed E-state index contributed by atoms with van der Waals surface area (Å²) in [5.41, 5.74) is 5.92. The van der Waals surface area contributed by atoms with Crippen molar-refractivity contribution in [3.05, 3.63) is 57.6 Å². The summed E-state index contributed by atoms with van der Waals surface area (Å²) in [6.07, 6.45) is 1.65. The SMILES string of the molecule is Cc1cccc2nc(N/N=C/c3ccc(Cl)cc3Cl)sc12. The summed E-state index contributed by atoms with van der Waals surface area (Å²) in [7, 11) is 0. The minimum absolute atomic E-state index is 0.563. The van der Waals surface area contributed by atoms with Gasteiger partial charge >= 0.3 is 0 Å². The van der Waals surface area contributed by atoms with Crippen LogP contribution in [0.15, 0.2) is 41.5 Å². The minimum atomic E-state index is 0.563. The van der Waals surface area contributed by atoms with Crippen LogP contribution in [0.1, 0.15) is 11.1 Å². The van der Waals surface area contributed by atoms with E-state index in [2.05, 4.69) is 28.5 Å². The van der Waals surface area contributed by atoms with Gasteiger partial charge in [0.25, 0.3) is 0 Å². The Labute approximate surface area is 136 Å². The Kier molecular flexibility index (Phi) is 4.10. The van der Waals surface area contributed by atoms with Crippen LogP contribution in [0.2, 0.25) is 10.0 Å². The summed E-state index contributed by atoms with van der Waals surface area (Å²) in [5, 5.41) is 6.09. The van der Waals surface area contributed by atoms with Gasteiger partial charge in [-0.25, -0.2) is 4.98 Å². The van der Waals surface area contributed by atoms with Crippen LogP contribution in [-0.4, -0.2) is 11.2 Å². The molecule has 0 bridgehead atoms.